The van der Waals surface area contributed by atoms with E-state index < -0.39 is 0 Å². The normalized spacial score (nSPS) is 17.5. The molecule has 2 heterocycles. The zero-order chi connectivity index (χ0) is 15.1. The Kier molecular flexibility index (Phi) is 2.85. The van der Waals surface area contributed by atoms with E-state index in [4.69, 9.17) is 0 Å². The van der Waals surface area contributed by atoms with Gasteiger partial charge in [0.05, 0.1) is 23.1 Å². The van der Waals surface area contributed by atoms with Crippen LogP contribution in [0.5, 0.6) is 0 Å². The van der Waals surface area contributed by atoms with Gasteiger partial charge in [-0.15, -0.1) is 0 Å². The van der Waals surface area contributed by atoms with Crippen molar-refractivity contribution in [2.45, 2.75) is 19.4 Å². The number of amides is 1. The second-order valence-corrected chi connectivity index (χ2v) is 5.66. The van der Waals surface area contributed by atoms with Gasteiger partial charge in [0.1, 0.15) is 0 Å². The van der Waals surface area contributed by atoms with Crippen molar-refractivity contribution < 1.29 is 4.79 Å². The maximum atomic E-state index is 11.9. The summed E-state index contributed by atoms with van der Waals surface area (Å²) in [5.41, 5.74) is 4.96. The van der Waals surface area contributed by atoms with Crippen LogP contribution in [0, 0.1) is 0 Å². The van der Waals surface area contributed by atoms with Crippen LogP contribution in [0.1, 0.15) is 13.3 Å². The topological polar surface area (TPSA) is 69.8 Å². The number of aromatic amines is 1. The third-order valence-corrected chi connectivity index (χ3v) is 4.00. The van der Waals surface area contributed by atoms with Crippen LogP contribution >= 0.6 is 0 Å². The lowest BCUT2D eigenvalue weighted by Crippen LogP contribution is -2.19. The Hall–Kier alpha value is -2.82. The molecular weight excluding hydrogens is 276 g/mol. The largest absolute Gasteiger partial charge is 0.380 e. The number of hydrogen-bond donors (Lipinski definition) is 3. The molecule has 1 aliphatic rings. The molecule has 1 aromatic heterocycles. The van der Waals surface area contributed by atoms with Gasteiger partial charge in [0.2, 0.25) is 5.91 Å². The molecule has 0 radical (unpaired) electrons. The smallest absolute Gasteiger partial charge is 0.226 e. The van der Waals surface area contributed by atoms with Crippen molar-refractivity contribution >= 4 is 28.2 Å². The molecule has 22 heavy (non-hydrogen) atoms. The highest BCUT2D eigenvalue weighted by atomic mass is 16.1. The lowest BCUT2D eigenvalue weighted by molar-refractivity contribution is -0.116. The molecule has 110 valence electrons. The summed E-state index contributed by atoms with van der Waals surface area (Å²) in [5, 5.41) is 14.6. The third kappa shape index (κ3) is 2.02. The second kappa shape index (κ2) is 4.87. The molecular formula is C17H16N4O. The van der Waals surface area contributed by atoms with E-state index in [-0.39, 0.29) is 11.9 Å². The first-order chi connectivity index (χ1) is 10.7. The minimum atomic E-state index is 0.0393. The predicted molar refractivity (Wildman–Crippen MR) is 87.9 cm³/mol. The lowest BCUT2D eigenvalue weighted by atomic mass is 9.99. The number of aromatic nitrogens is 2. The molecule has 0 fully saturated rings. The maximum Gasteiger partial charge on any atom is 0.226 e. The molecule has 5 heteroatoms. The molecule has 3 aromatic rings. The van der Waals surface area contributed by atoms with Gasteiger partial charge in [-0.3, -0.25) is 9.89 Å². The first kappa shape index (κ1) is 12.9. The Morgan fingerprint density at radius 1 is 1.14 bits per heavy atom. The van der Waals surface area contributed by atoms with Gasteiger partial charge in [-0.25, -0.2) is 0 Å². The van der Waals surface area contributed by atoms with Gasteiger partial charge < -0.3 is 10.6 Å². The SMILES string of the molecule is C[C@@H]1CC(=O)Nc2cccc(-c3cccc4[nH]ncc34)c2N1. The first-order valence-corrected chi connectivity index (χ1v) is 7.34. The van der Waals surface area contributed by atoms with E-state index >= 15 is 0 Å². The number of anilines is 2. The average Bonchev–Trinajstić information content (AvgIpc) is 2.91. The Balaban J connectivity index is 1.95. The fraction of sp³-hybridized carbons (Fsp3) is 0.176. The second-order valence-electron chi connectivity index (χ2n) is 5.66. The zero-order valence-electron chi connectivity index (χ0n) is 12.2. The molecule has 4 rings (SSSR count). The molecule has 1 amide bonds. The number of nitrogens with zero attached hydrogens (tertiary/aromatic N) is 1. The number of carbonyl (C=O) groups excluding carboxylic acids is 1. The molecule has 5 nitrogen and oxygen atoms in total. The summed E-state index contributed by atoms with van der Waals surface area (Å²) in [7, 11) is 0. The number of para-hydroxylation sites is 1. The van der Waals surface area contributed by atoms with Crippen LogP contribution in [0.2, 0.25) is 0 Å². The van der Waals surface area contributed by atoms with Gasteiger partial charge in [0.25, 0.3) is 0 Å². The molecule has 0 saturated carbocycles. The van der Waals surface area contributed by atoms with Crippen LogP contribution in [-0.4, -0.2) is 22.1 Å². The number of fused-ring (bicyclic) bond motifs is 2. The summed E-state index contributed by atoms with van der Waals surface area (Å²) in [6.45, 7) is 2.02. The number of hydrogen-bond acceptors (Lipinski definition) is 3. The van der Waals surface area contributed by atoms with Gasteiger partial charge in [-0.05, 0) is 24.6 Å². The quantitative estimate of drug-likeness (QED) is 0.644. The average molecular weight is 292 g/mol. The number of H-pyrrole nitrogens is 1. The fourth-order valence-corrected chi connectivity index (χ4v) is 3.02. The van der Waals surface area contributed by atoms with Crippen molar-refractivity contribution in [2.75, 3.05) is 10.6 Å². The fourth-order valence-electron chi connectivity index (χ4n) is 3.02. The van der Waals surface area contributed by atoms with E-state index in [1.165, 1.54) is 0 Å². The Labute approximate surface area is 127 Å². The maximum absolute atomic E-state index is 11.9. The minimum Gasteiger partial charge on any atom is -0.380 e. The van der Waals surface area contributed by atoms with Crippen molar-refractivity contribution in [2.24, 2.45) is 0 Å². The van der Waals surface area contributed by atoms with Gasteiger partial charge >= 0.3 is 0 Å². The monoisotopic (exact) mass is 292 g/mol. The van der Waals surface area contributed by atoms with Crippen LogP contribution in [0.15, 0.2) is 42.6 Å². The number of nitrogens with one attached hydrogen (secondary N) is 3. The zero-order valence-corrected chi connectivity index (χ0v) is 12.2. The van der Waals surface area contributed by atoms with Crippen molar-refractivity contribution in [3.05, 3.63) is 42.6 Å². The molecule has 0 aliphatic carbocycles. The summed E-state index contributed by atoms with van der Waals surface area (Å²) >= 11 is 0. The highest BCUT2D eigenvalue weighted by molar-refractivity contribution is 6.04. The van der Waals surface area contributed by atoms with E-state index in [0.717, 1.165) is 33.4 Å². The minimum absolute atomic E-state index is 0.0393. The van der Waals surface area contributed by atoms with Crippen molar-refractivity contribution in [3.8, 4) is 11.1 Å². The molecule has 3 N–H and O–H groups in total. The van der Waals surface area contributed by atoms with Gasteiger partial charge in [-0.1, -0.05) is 24.3 Å². The van der Waals surface area contributed by atoms with E-state index in [1.54, 1.807) is 0 Å². The van der Waals surface area contributed by atoms with Crippen LogP contribution in [0.3, 0.4) is 0 Å². The van der Waals surface area contributed by atoms with E-state index in [2.05, 4.69) is 33.0 Å². The Morgan fingerprint density at radius 3 is 2.86 bits per heavy atom. The Bertz CT molecular complexity index is 868. The summed E-state index contributed by atoms with van der Waals surface area (Å²) < 4.78 is 0. The van der Waals surface area contributed by atoms with Crippen LogP contribution < -0.4 is 10.6 Å². The van der Waals surface area contributed by atoms with Crippen LogP contribution in [0.4, 0.5) is 11.4 Å². The number of carbonyl (C=O) groups is 1. The van der Waals surface area contributed by atoms with Crippen molar-refractivity contribution in [1.82, 2.24) is 10.2 Å². The molecule has 1 aliphatic heterocycles. The number of benzene rings is 2. The summed E-state index contributed by atoms with van der Waals surface area (Å²) in [6.07, 6.45) is 2.30. The molecule has 2 aromatic carbocycles. The third-order valence-electron chi connectivity index (χ3n) is 4.00. The molecule has 0 bridgehead atoms. The predicted octanol–water partition coefficient (Wildman–Crippen LogP) is 3.37. The van der Waals surface area contributed by atoms with Crippen molar-refractivity contribution in [3.63, 3.8) is 0 Å². The Morgan fingerprint density at radius 2 is 1.95 bits per heavy atom. The summed E-state index contributed by atoms with van der Waals surface area (Å²) in [6, 6.07) is 12.1. The summed E-state index contributed by atoms with van der Waals surface area (Å²) in [5.74, 6) is 0.0393. The highest BCUT2D eigenvalue weighted by Gasteiger charge is 2.21. The van der Waals surface area contributed by atoms with Gasteiger partial charge in [0.15, 0.2) is 0 Å². The van der Waals surface area contributed by atoms with Crippen molar-refractivity contribution in [1.29, 1.82) is 0 Å². The standard InChI is InChI=1S/C17H16N4O/c1-10-8-16(22)20-15-7-3-5-12(17(15)19-10)11-4-2-6-14-13(11)9-18-21-14/h2-7,9-10,19H,8H2,1H3,(H,18,21)(H,20,22)/t10-/m1/s1. The van der Waals surface area contributed by atoms with Gasteiger partial charge in [-0.2, -0.15) is 5.10 Å². The lowest BCUT2D eigenvalue weighted by Gasteiger charge is -2.17. The molecule has 1 atom stereocenters. The molecule has 0 spiro atoms. The highest BCUT2D eigenvalue weighted by Crippen LogP contribution is 2.39. The van der Waals surface area contributed by atoms with Crippen LogP contribution in [0.25, 0.3) is 22.0 Å². The van der Waals surface area contributed by atoms with E-state index in [9.17, 15) is 4.79 Å². The molecule has 0 unspecified atom stereocenters. The summed E-state index contributed by atoms with van der Waals surface area (Å²) in [4.78, 5) is 11.9. The first-order valence-electron chi connectivity index (χ1n) is 7.34. The van der Waals surface area contributed by atoms with Crippen LogP contribution in [-0.2, 0) is 4.79 Å². The molecule has 0 saturated heterocycles. The number of rotatable bonds is 1. The van der Waals surface area contributed by atoms with E-state index in [0.29, 0.717) is 6.42 Å². The van der Waals surface area contributed by atoms with Gasteiger partial charge in [0, 0.05) is 23.4 Å². The van der Waals surface area contributed by atoms with E-state index in [1.807, 2.05) is 37.4 Å².